The number of benzene rings is 2. The van der Waals surface area contributed by atoms with Gasteiger partial charge >= 0.3 is 0 Å². The van der Waals surface area contributed by atoms with Crippen LogP contribution in [0, 0.1) is 5.82 Å². The number of aromatic nitrogens is 1. The molecule has 3 aromatic rings. The van der Waals surface area contributed by atoms with Crippen LogP contribution in [-0.2, 0) is 6.54 Å². The highest BCUT2D eigenvalue weighted by molar-refractivity contribution is 7.08. The molecule has 0 fully saturated rings. The molecule has 4 nitrogen and oxygen atoms in total. The first-order chi connectivity index (χ1) is 11.7. The zero-order valence-electron chi connectivity index (χ0n) is 13.0. The Morgan fingerprint density at radius 2 is 1.88 bits per heavy atom. The molecule has 1 amide bonds. The molecule has 0 atom stereocenters. The Labute approximate surface area is 143 Å². The third kappa shape index (κ3) is 3.78. The zero-order valence-corrected chi connectivity index (χ0v) is 13.8. The summed E-state index contributed by atoms with van der Waals surface area (Å²) in [4.78, 5) is 12.7. The second kappa shape index (κ2) is 7.23. The van der Waals surface area contributed by atoms with Gasteiger partial charge in [0.05, 0.1) is 12.8 Å². The predicted octanol–water partition coefficient (Wildman–Crippen LogP) is 3.89. The molecule has 0 unspecified atom stereocenters. The van der Waals surface area contributed by atoms with Gasteiger partial charge in [-0.1, -0.05) is 12.1 Å². The maximum atomic E-state index is 13.0. The van der Waals surface area contributed by atoms with Gasteiger partial charge in [-0.2, -0.15) is 4.37 Å². The number of hydrogen-bond donors (Lipinski definition) is 1. The van der Waals surface area contributed by atoms with E-state index >= 15 is 0 Å². The number of amides is 1. The van der Waals surface area contributed by atoms with Gasteiger partial charge in [0, 0.05) is 12.1 Å². The lowest BCUT2D eigenvalue weighted by Crippen LogP contribution is -2.21. The largest absolute Gasteiger partial charge is 0.497 e. The number of rotatable bonds is 5. The van der Waals surface area contributed by atoms with Crippen molar-refractivity contribution < 1.29 is 13.9 Å². The monoisotopic (exact) mass is 342 g/mol. The van der Waals surface area contributed by atoms with E-state index in [9.17, 15) is 9.18 Å². The molecule has 3 rings (SSSR count). The van der Waals surface area contributed by atoms with Crippen molar-refractivity contribution in [1.29, 1.82) is 0 Å². The van der Waals surface area contributed by atoms with Crippen molar-refractivity contribution in [3.8, 4) is 17.0 Å². The molecule has 0 spiro atoms. The predicted molar refractivity (Wildman–Crippen MR) is 91.7 cm³/mol. The van der Waals surface area contributed by atoms with Gasteiger partial charge in [-0.05, 0) is 59.6 Å². The minimum absolute atomic E-state index is 0.184. The minimum Gasteiger partial charge on any atom is -0.497 e. The fourth-order valence-electron chi connectivity index (χ4n) is 2.15. The lowest BCUT2D eigenvalue weighted by Gasteiger charge is -2.04. The van der Waals surface area contributed by atoms with Gasteiger partial charge in [0.2, 0.25) is 0 Å². The molecule has 122 valence electrons. The molecule has 0 radical (unpaired) electrons. The normalized spacial score (nSPS) is 10.4. The van der Waals surface area contributed by atoms with E-state index in [1.807, 2.05) is 24.3 Å². The highest BCUT2D eigenvalue weighted by Crippen LogP contribution is 2.22. The van der Waals surface area contributed by atoms with Crippen LogP contribution in [0.1, 0.15) is 15.2 Å². The smallest absolute Gasteiger partial charge is 0.263 e. The summed E-state index contributed by atoms with van der Waals surface area (Å²) >= 11 is 1.12. The fourth-order valence-corrected chi connectivity index (χ4v) is 2.83. The van der Waals surface area contributed by atoms with E-state index < -0.39 is 0 Å². The lowest BCUT2D eigenvalue weighted by molar-refractivity contribution is 0.0955. The number of methoxy groups -OCH3 is 1. The molecule has 24 heavy (non-hydrogen) atoms. The van der Waals surface area contributed by atoms with E-state index in [2.05, 4.69) is 9.69 Å². The van der Waals surface area contributed by atoms with Crippen LogP contribution in [0.2, 0.25) is 0 Å². The summed E-state index contributed by atoms with van der Waals surface area (Å²) < 4.78 is 22.3. The van der Waals surface area contributed by atoms with E-state index in [4.69, 9.17) is 4.74 Å². The summed E-state index contributed by atoms with van der Waals surface area (Å²) in [7, 11) is 1.61. The number of ether oxygens (including phenoxy) is 1. The van der Waals surface area contributed by atoms with Crippen molar-refractivity contribution >= 4 is 17.4 Å². The summed E-state index contributed by atoms with van der Waals surface area (Å²) in [5, 5.41) is 2.86. The molecule has 1 N–H and O–H groups in total. The Kier molecular flexibility index (Phi) is 4.86. The summed E-state index contributed by atoms with van der Waals surface area (Å²) in [6, 6.07) is 15.2. The van der Waals surface area contributed by atoms with Gasteiger partial charge < -0.3 is 10.1 Å². The summed E-state index contributed by atoms with van der Waals surface area (Å²) in [6.07, 6.45) is 0. The highest BCUT2D eigenvalue weighted by Gasteiger charge is 2.11. The summed E-state index contributed by atoms with van der Waals surface area (Å²) in [6.45, 7) is 0.423. The molecule has 2 aromatic carbocycles. The van der Waals surface area contributed by atoms with Gasteiger partial charge in [0.15, 0.2) is 0 Å². The Balaban J connectivity index is 1.64. The average molecular weight is 342 g/mol. The number of nitrogens with one attached hydrogen (secondary N) is 1. The van der Waals surface area contributed by atoms with E-state index in [1.165, 1.54) is 12.1 Å². The lowest BCUT2D eigenvalue weighted by atomic mass is 10.1. The minimum atomic E-state index is -0.300. The maximum Gasteiger partial charge on any atom is 0.263 e. The van der Waals surface area contributed by atoms with Crippen LogP contribution in [0.4, 0.5) is 4.39 Å². The third-order valence-electron chi connectivity index (χ3n) is 3.49. The molecule has 0 aliphatic carbocycles. The highest BCUT2D eigenvalue weighted by atomic mass is 32.1. The van der Waals surface area contributed by atoms with E-state index in [1.54, 1.807) is 25.3 Å². The zero-order chi connectivity index (χ0) is 16.9. The second-order valence-electron chi connectivity index (χ2n) is 5.11. The first kappa shape index (κ1) is 16.1. The Bertz CT molecular complexity index is 829. The molecule has 1 heterocycles. The number of carbonyl (C=O) groups is 1. The van der Waals surface area contributed by atoms with Gasteiger partial charge in [-0.3, -0.25) is 4.79 Å². The number of hydrogen-bond acceptors (Lipinski definition) is 4. The van der Waals surface area contributed by atoms with Gasteiger partial charge in [-0.15, -0.1) is 0 Å². The van der Waals surface area contributed by atoms with Crippen molar-refractivity contribution in [2.45, 2.75) is 6.54 Å². The molecule has 0 aliphatic rings. The molecular weight excluding hydrogens is 327 g/mol. The number of halogens is 1. The Morgan fingerprint density at radius 3 is 2.54 bits per heavy atom. The van der Waals surface area contributed by atoms with E-state index in [0.29, 0.717) is 17.1 Å². The quantitative estimate of drug-likeness (QED) is 0.765. The number of nitrogens with zero attached hydrogens (tertiary/aromatic N) is 1. The second-order valence-corrected chi connectivity index (χ2v) is 5.92. The standard InChI is InChI=1S/C18H15FN2O2S/c1-23-15-8-2-12(3-9-15)11-20-18(22)17-10-16(21-24-17)13-4-6-14(19)7-5-13/h2-10H,11H2,1H3,(H,20,22). The fraction of sp³-hybridized carbons (Fsp3) is 0.111. The molecule has 0 aliphatic heterocycles. The molecule has 0 saturated carbocycles. The van der Waals surface area contributed by atoms with Crippen molar-refractivity contribution in [2.24, 2.45) is 0 Å². The summed E-state index contributed by atoms with van der Waals surface area (Å²) in [5.74, 6) is 0.291. The van der Waals surface area contributed by atoms with Crippen LogP contribution < -0.4 is 10.1 Å². The first-order valence-corrected chi connectivity index (χ1v) is 8.07. The van der Waals surface area contributed by atoms with Gasteiger partial charge in [-0.25, -0.2) is 4.39 Å². The molecule has 6 heteroatoms. The molecule has 0 saturated heterocycles. The van der Waals surface area contributed by atoms with Gasteiger partial charge in [0.1, 0.15) is 16.4 Å². The van der Waals surface area contributed by atoms with Crippen LogP contribution >= 0.6 is 11.5 Å². The van der Waals surface area contributed by atoms with Crippen molar-refractivity contribution in [3.05, 3.63) is 70.9 Å². The average Bonchev–Trinajstić information content (AvgIpc) is 3.11. The van der Waals surface area contributed by atoms with Crippen LogP contribution in [0.5, 0.6) is 5.75 Å². The van der Waals surface area contributed by atoms with Crippen LogP contribution in [0.15, 0.2) is 54.6 Å². The van der Waals surface area contributed by atoms with Crippen LogP contribution in [0.25, 0.3) is 11.3 Å². The van der Waals surface area contributed by atoms with Crippen LogP contribution in [-0.4, -0.2) is 17.4 Å². The maximum absolute atomic E-state index is 13.0. The van der Waals surface area contributed by atoms with Gasteiger partial charge in [0.25, 0.3) is 5.91 Å². The van der Waals surface area contributed by atoms with Crippen LogP contribution in [0.3, 0.4) is 0 Å². The first-order valence-electron chi connectivity index (χ1n) is 7.29. The topological polar surface area (TPSA) is 51.2 Å². The van der Waals surface area contributed by atoms with Crippen molar-refractivity contribution in [1.82, 2.24) is 9.69 Å². The molecule has 1 aromatic heterocycles. The third-order valence-corrected chi connectivity index (χ3v) is 4.27. The number of carbonyl (C=O) groups excluding carboxylic acids is 1. The summed E-state index contributed by atoms with van der Waals surface area (Å²) in [5.41, 5.74) is 2.42. The molecule has 0 bridgehead atoms. The van der Waals surface area contributed by atoms with Crippen molar-refractivity contribution in [2.75, 3.05) is 7.11 Å². The SMILES string of the molecule is COc1ccc(CNC(=O)c2cc(-c3ccc(F)cc3)ns2)cc1. The van der Waals surface area contributed by atoms with E-state index in [-0.39, 0.29) is 11.7 Å². The van der Waals surface area contributed by atoms with E-state index in [0.717, 1.165) is 28.4 Å². The molecular formula is C18H15FN2O2S. The Hall–Kier alpha value is -2.73. The van der Waals surface area contributed by atoms with Crippen molar-refractivity contribution in [3.63, 3.8) is 0 Å². The Morgan fingerprint density at radius 1 is 1.17 bits per heavy atom.